The molecule has 0 aromatic heterocycles. The van der Waals surface area contributed by atoms with Crippen molar-refractivity contribution in [2.75, 3.05) is 18.1 Å². The van der Waals surface area contributed by atoms with Crippen LogP contribution in [0.1, 0.15) is 44.1 Å². The van der Waals surface area contributed by atoms with Crippen LogP contribution in [0.5, 0.6) is 0 Å². The molecule has 104 valence electrons. The van der Waals surface area contributed by atoms with Crippen LogP contribution in [0.15, 0.2) is 24.3 Å². The number of para-hydroxylation sites is 1. The van der Waals surface area contributed by atoms with Gasteiger partial charge >= 0.3 is 0 Å². The highest BCUT2D eigenvalue weighted by atomic mass is 16.2. The minimum absolute atomic E-state index is 0.257. The number of rotatable bonds is 6. The van der Waals surface area contributed by atoms with Crippen molar-refractivity contribution in [3.05, 3.63) is 29.8 Å². The Labute approximate surface area is 115 Å². The van der Waals surface area contributed by atoms with Crippen molar-refractivity contribution in [2.45, 2.75) is 44.9 Å². The Morgan fingerprint density at radius 2 is 1.84 bits per heavy atom. The summed E-state index contributed by atoms with van der Waals surface area (Å²) in [7, 11) is 0. The second-order valence-corrected chi connectivity index (χ2v) is 5.17. The van der Waals surface area contributed by atoms with Gasteiger partial charge in [0.1, 0.15) is 0 Å². The molecule has 0 radical (unpaired) electrons. The number of carbonyl (C=O) groups is 1. The summed E-state index contributed by atoms with van der Waals surface area (Å²) < 4.78 is 0. The lowest BCUT2D eigenvalue weighted by Gasteiger charge is -2.23. The van der Waals surface area contributed by atoms with E-state index in [0.29, 0.717) is 6.42 Å². The van der Waals surface area contributed by atoms with E-state index >= 15 is 0 Å². The molecule has 1 aromatic rings. The molecule has 0 unspecified atom stereocenters. The number of fused-ring (bicyclic) bond motifs is 1. The molecule has 0 bridgehead atoms. The highest BCUT2D eigenvalue weighted by Crippen LogP contribution is 2.27. The number of unbranched alkanes of at least 4 members (excludes halogenated alkanes) is 3. The molecular formula is C16H23NO2. The lowest BCUT2D eigenvalue weighted by atomic mass is 10.1. The van der Waals surface area contributed by atoms with Gasteiger partial charge in [-0.3, -0.25) is 4.79 Å². The topological polar surface area (TPSA) is 40.5 Å². The van der Waals surface area contributed by atoms with E-state index in [1.54, 1.807) is 0 Å². The Balaban J connectivity index is 1.98. The molecule has 0 atom stereocenters. The Morgan fingerprint density at radius 1 is 1.05 bits per heavy atom. The van der Waals surface area contributed by atoms with Gasteiger partial charge in [0, 0.05) is 25.3 Å². The smallest absolute Gasteiger partial charge is 0.226 e. The summed E-state index contributed by atoms with van der Waals surface area (Å²) in [6.07, 6.45) is 6.61. The third-order valence-electron chi connectivity index (χ3n) is 3.71. The SMILES string of the molecule is O=C1CCCc2ccccc2N1CCCCCCO. The van der Waals surface area contributed by atoms with E-state index < -0.39 is 0 Å². The van der Waals surface area contributed by atoms with Gasteiger partial charge < -0.3 is 10.0 Å². The molecule has 3 heteroatoms. The van der Waals surface area contributed by atoms with Gasteiger partial charge in [-0.05, 0) is 37.3 Å². The molecule has 19 heavy (non-hydrogen) atoms. The zero-order chi connectivity index (χ0) is 13.5. The monoisotopic (exact) mass is 261 g/mol. The quantitative estimate of drug-likeness (QED) is 0.800. The van der Waals surface area contributed by atoms with Crippen LogP contribution in [-0.2, 0) is 11.2 Å². The standard InChI is InChI=1S/C16H23NO2/c18-13-6-2-1-5-12-17-15-10-4-3-8-14(15)9-7-11-16(17)19/h3-4,8,10,18H,1-2,5-7,9,11-13H2. The first kappa shape index (κ1) is 14.1. The van der Waals surface area contributed by atoms with Crippen molar-refractivity contribution in [1.29, 1.82) is 0 Å². The first-order valence-electron chi connectivity index (χ1n) is 7.32. The number of aliphatic hydroxyl groups is 1. The Hall–Kier alpha value is -1.35. The van der Waals surface area contributed by atoms with Gasteiger partial charge in [-0.1, -0.05) is 31.0 Å². The second kappa shape index (κ2) is 7.29. The summed E-state index contributed by atoms with van der Waals surface area (Å²) in [6, 6.07) is 8.25. The Kier molecular flexibility index (Phi) is 5.40. The summed E-state index contributed by atoms with van der Waals surface area (Å²) in [5.41, 5.74) is 2.40. The number of nitrogens with zero attached hydrogens (tertiary/aromatic N) is 1. The van der Waals surface area contributed by atoms with E-state index in [2.05, 4.69) is 12.1 Å². The molecule has 1 amide bonds. The van der Waals surface area contributed by atoms with E-state index in [0.717, 1.165) is 50.8 Å². The van der Waals surface area contributed by atoms with Crippen LogP contribution in [0.2, 0.25) is 0 Å². The lowest BCUT2D eigenvalue weighted by Crippen LogP contribution is -2.31. The van der Waals surface area contributed by atoms with Crippen LogP contribution in [0.4, 0.5) is 5.69 Å². The van der Waals surface area contributed by atoms with Crippen molar-refractivity contribution in [3.63, 3.8) is 0 Å². The molecule has 1 heterocycles. The van der Waals surface area contributed by atoms with E-state index in [9.17, 15) is 4.79 Å². The van der Waals surface area contributed by atoms with E-state index in [4.69, 9.17) is 5.11 Å². The van der Waals surface area contributed by atoms with Crippen molar-refractivity contribution in [3.8, 4) is 0 Å². The van der Waals surface area contributed by atoms with Crippen molar-refractivity contribution >= 4 is 11.6 Å². The zero-order valence-electron chi connectivity index (χ0n) is 11.5. The fourth-order valence-corrected chi connectivity index (χ4v) is 2.67. The highest BCUT2D eigenvalue weighted by molar-refractivity contribution is 5.94. The maximum atomic E-state index is 12.2. The maximum Gasteiger partial charge on any atom is 0.226 e. The molecular weight excluding hydrogens is 238 g/mol. The van der Waals surface area contributed by atoms with Crippen molar-refractivity contribution in [1.82, 2.24) is 0 Å². The van der Waals surface area contributed by atoms with E-state index in [-0.39, 0.29) is 12.5 Å². The molecule has 0 aliphatic carbocycles. The number of benzene rings is 1. The third-order valence-corrected chi connectivity index (χ3v) is 3.71. The molecule has 2 rings (SSSR count). The molecule has 0 saturated carbocycles. The minimum atomic E-state index is 0.257. The summed E-state index contributed by atoms with van der Waals surface area (Å²) in [4.78, 5) is 14.1. The van der Waals surface area contributed by atoms with Gasteiger partial charge in [0.15, 0.2) is 0 Å². The highest BCUT2D eigenvalue weighted by Gasteiger charge is 2.20. The van der Waals surface area contributed by atoms with Crippen molar-refractivity contribution in [2.24, 2.45) is 0 Å². The summed E-state index contributed by atoms with van der Waals surface area (Å²) >= 11 is 0. The van der Waals surface area contributed by atoms with Crippen LogP contribution in [0, 0.1) is 0 Å². The molecule has 1 aliphatic rings. The second-order valence-electron chi connectivity index (χ2n) is 5.17. The predicted octanol–water partition coefficient (Wildman–Crippen LogP) is 2.91. The van der Waals surface area contributed by atoms with Crippen LogP contribution in [0.25, 0.3) is 0 Å². The number of aryl methyl sites for hydroxylation is 1. The number of anilines is 1. The first-order valence-corrected chi connectivity index (χ1v) is 7.32. The Morgan fingerprint density at radius 3 is 2.68 bits per heavy atom. The average molecular weight is 261 g/mol. The van der Waals surface area contributed by atoms with Gasteiger partial charge in [0.05, 0.1) is 0 Å². The van der Waals surface area contributed by atoms with Crippen molar-refractivity contribution < 1.29 is 9.90 Å². The maximum absolute atomic E-state index is 12.2. The molecule has 1 N–H and O–H groups in total. The largest absolute Gasteiger partial charge is 0.396 e. The Bertz CT molecular complexity index is 417. The molecule has 1 aliphatic heterocycles. The molecule has 0 spiro atoms. The average Bonchev–Trinajstić information content (AvgIpc) is 2.58. The van der Waals surface area contributed by atoms with E-state index in [1.807, 2.05) is 17.0 Å². The summed E-state index contributed by atoms with van der Waals surface area (Å²) in [5.74, 6) is 0.257. The number of amides is 1. The predicted molar refractivity (Wildman–Crippen MR) is 77.3 cm³/mol. The van der Waals surface area contributed by atoms with Crippen LogP contribution >= 0.6 is 0 Å². The number of carbonyl (C=O) groups excluding carboxylic acids is 1. The number of hydrogen-bond acceptors (Lipinski definition) is 2. The van der Waals surface area contributed by atoms with Crippen LogP contribution in [0.3, 0.4) is 0 Å². The van der Waals surface area contributed by atoms with Gasteiger partial charge in [0.2, 0.25) is 5.91 Å². The van der Waals surface area contributed by atoms with E-state index in [1.165, 1.54) is 5.56 Å². The fraction of sp³-hybridized carbons (Fsp3) is 0.562. The molecule has 3 nitrogen and oxygen atoms in total. The first-order chi connectivity index (χ1) is 9.33. The van der Waals surface area contributed by atoms with Gasteiger partial charge in [-0.15, -0.1) is 0 Å². The van der Waals surface area contributed by atoms with Gasteiger partial charge in [0.25, 0.3) is 0 Å². The third kappa shape index (κ3) is 3.80. The summed E-state index contributed by atoms with van der Waals surface area (Å²) in [5, 5.41) is 8.76. The normalized spacial score (nSPS) is 15.2. The van der Waals surface area contributed by atoms with Crippen LogP contribution in [-0.4, -0.2) is 24.2 Å². The molecule has 1 aromatic carbocycles. The zero-order valence-corrected chi connectivity index (χ0v) is 11.5. The van der Waals surface area contributed by atoms with Crippen LogP contribution < -0.4 is 4.90 Å². The lowest BCUT2D eigenvalue weighted by molar-refractivity contribution is -0.118. The number of aliphatic hydroxyl groups excluding tert-OH is 1. The van der Waals surface area contributed by atoms with Gasteiger partial charge in [-0.25, -0.2) is 0 Å². The van der Waals surface area contributed by atoms with Gasteiger partial charge in [-0.2, -0.15) is 0 Å². The fourth-order valence-electron chi connectivity index (χ4n) is 2.67. The number of hydrogen-bond donors (Lipinski definition) is 1. The minimum Gasteiger partial charge on any atom is -0.396 e. The molecule has 0 saturated heterocycles. The summed E-state index contributed by atoms with van der Waals surface area (Å²) in [6.45, 7) is 1.08. The molecule has 0 fully saturated rings.